The van der Waals surface area contributed by atoms with Gasteiger partial charge in [-0.2, -0.15) is 0 Å². The van der Waals surface area contributed by atoms with Crippen LogP contribution in [0.1, 0.15) is 12.8 Å². The Balaban J connectivity index is 1.39. The Labute approximate surface area is 131 Å². The molecule has 5 heteroatoms. The fraction of sp³-hybridized carbons (Fsp3) is 0.588. The molecule has 3 fully saturated rings. The van der Waals surface area contributed by atoms with Gasteiger partial charge >= 0.3 is 0 Å². The van der Waals surface area contributed by atoms with Crippen molar-refractivity contribution in [2.24, 2.45) is 5.41 Å². The van der Waals surface area contributed by atoms with Crippen LogP contribution in [0.3, 0.4) is 0 Å². The molecule has 1 aromatic rings. The Morgan fingerprint density at radius 1 is 1.23 bits per heavy atom. The van der Waals surface area contributed by atoms with Crippen LogP contribution in [0.4, 0.5) is 11.4 Å². The molecule has 22 heavy (non-hydrogen) atoms. The fourth-order valence-electron chi connectivity index (χ4n) is 4.11. The number of carbonyl (C=O) groups excluding carboxylic acids is 1. The molecule has 1 amide bonds. The van der Waals surface area contributed by atoms with Crippen molar-refractivity contribution in [3.8, 4) is 0 Å². The lowest BCUT2D eigenvalue weighted by Crippen LogP contribution is -2.71. The quantitative estimate of drug-likeness (QED) is 0.843. The van der Waals surface area contributed by atoms with Crippen molar-refractivity contribution in [1.82, 2.24) is 9.80 Å². The zero-order valence-electron chi connectivity index (χ0n) is 13.2. The van der Waals surface area contributed by atoms with Crippen LogP contribution in [-0.4, -0.2) is 61.5 Å². The molecule has 2 aliphatic heterocycles. The van der Waals surface area contributed by atoms with E-state index in [0.717, 1.165) is 37.3 Å². The third kappa shape index (κ3) is 2.48. The highest BCUT2D eigenvalue weighted by atomic mass is 16.2. The van der Waals surface area contributed by atoms with Gasteiger partial charge in [0.25, 0.3) is 0 Å². The number of likely N-dealkylation sites (tertiary alicyclic amines) is 2. The van der Waals surface area contributed by atoms with Gasteiger partial charge < -0.3 is 15.5 Å². The molecular formula is C17H24N4O. The average molecular weight is 300 g/mol. The van der Waals surface area contributed by atoms with Crippen LogP contribution < -0.4 is 10.6 Å². The molecule has 1 aromatic carbocycles. The van der Waals surface area contributed by atoms with Gasteiger partial charge in [-0.05, 0) is 44.2 Å². The van der Waals surface area contributed by atoms with Crippen molar-refractivity contribution in [2.45, 2.75) is 18.9 Å². The predicted molar refractivity (Wildman–Crippen MR) is 87.7 cm³/mol. The molecule has 4 rings (SSSR count). The van der Waals surface area contributed by atoms with E-state index in [1.165, 1.54) is 13.1 Å². The molecule has 3 aliphatic rings. The van der Waals surface area contributed by atoms with Gasteiger partial charge in [0.05, 0.1) is 6.54 Å². The molecule has 1 spiro atoms. The van der Waals surface area contributed by atoms with Gasteiger partial charge in [0, 0.05) is 49.0 Å². The topological polar surface area (TPSA) is 52.8 Å². The van der Waals surface area contributed by atoms with Gasteiger partial charge in [0.2, 0.25) is 5.91 Å². The van der Waals surface area contributed by atoms with Gasteiger partial charge in [0.1, 0.15) is 0 Å². The maximum Gasteiger partial charge on any atom is 0.241 e. The van der Waals surface area contributed by atoms with E-state index in [1.807, 2.05) is 29.2 Å². The van der Waals surface area contributed by atoms with E-state index in [1.54, 1.807) is 0 Å². The van der Waals surface area contributed by atoms with Crippen molar-refractivity contribution >= 4 is 17.3 Å². The Morgan fingerprint density at radius 2 is 1.86 bits per heavy atom. The minimum absolute atomic E-state index is 0.231. The standard InChI is InChI=1S/C17H24N4O/c1-19-9-17(10-19)11-20(12-17)8-16(22)21(15-6-7-15)14-4-2-13(18)3-5-14/h2-5,15H,6-12,18H2,1H3. The molecule has 0 unspecified atom stereocenters. The molecule has 118 valence electrons. The number of rotatable bonds is 4. The van der Waals surface area contributed by atoms with Crippen LogP contribution in [0.2, 0.25) is 0 Å². The van der Waals surface area contributed by atoms with Crippen molar-refractivity contribution in [2.75, 3.05) is 50.4 Å². The molecule has 1 saturated carbocycles. The summed E-state index contributed by atoms with van der Waals surface area (Å²) in [4.78, 5) is 19.4. The zero-order chi connectivity index (χ0) is 15.3. The predicted octanol–water partition coefficient (Wildman–Crippen LogP) is 1.01. The van der Waals surface area contributed by atoms with E-state index < -0.39 is 0 Å². The molecule has 5 nitrogen and oxygen atoms in total. The van der Waals surface area contributed by atoms with Gasteiger partial charge in [-0.3, -0.25) is 9.69 Å². The van der Waals surface area contributed by atoms with Gasteiger partial charge in [-0.1, -0.05) is 0 Å². The molecule has 2 saturated heterocycles. The summed E-state index contributed by atoms with van der Waals surface area (Å²) >= 11 is 0. The third-order valence-electron chi connectivity index (χ3n) is 5.04. The second-order valence-electron chi connectivity index (χ2n) is 7.40. The number of hydrogen-bond acceptors (Lipinski definition) is 4. The highest BCUT2D eigenvalue weighted by Crippen LogP contribution is 2.39. The van der Waals surface area contributed by atoms with Crippen molar-refractivity contribution in [3.05, 3.63) is 24.3 Å². The Bertz CT molecular complexity index is 567. The average Bonchev–Trinajstić information content (AvgIpc) is 3.22. The van der Waals surface area contributed by atoms with E-state index in [9.17, 15) is 4.79 Å². The summed E-state index contributed by atoms with van der Waals surface area (Å²) in [6.45, 7) is 5.06. The highest BCUT2D eigenvalue weighted by molar-refractivity contribution is 5.96. The Kier molecular flexibility index (Phi) is 3.16. The Morgan fingerprint density at radius 3 is 2.41 bits per heavy atom. The monoisotopic (exact) mass is 300 g/mol. The highest BCUT2D eigenvalue weighted by Gasteiger charge is 2.50. The number of nitrogen functional groups attached to an aromatic ring is 1. The number of nitrogens with two attached hydrogens (primary N) is 1. The number of carbonyl (C=O) groups is 1. The SMILES string of the molecule is CN1CC2(C1)CN(CC(=O)N(c1ccc(N)cc1)C1CC1)C2. The van der Waals surface area contributed by atoms with Crippen molar-refractivity contribution in [3.63, 3.8) is 0 Å². The Hall–Kier alpha value is -1.59. The number of anilines is 2. The number of hydrogen-bond donors (Lipinski definition) is 1. The summed E-state index contributed by atoms with van der Waals surface area (Å²) in [5.74, 6) is 0.231. The van der Waals surface area contributed by atoms with Crippen LogP contribution in [0.5, 0.6) is 0 Å². The molecular weight excluding hydrogens is 276 g/mol. The summed E-state index contributed by atoms with van der Waals surface area (Å²) in [6, 6.07) is 8.07. The summed E-state index contributed by atoms with van der Waals surface area (Å²) in [6.07, 6.45) is 2.23. The number of nitrogens with zero attached hydrogens (tertiary/aromatic N) is 3. The molecule has 0 radical (unpaired) electrons. The molecule has 0 aromatic heterocycles. The fourth-order valence-corrected chi connectivity index (χ4v) is 4.11. The minimum atomic E-state index is 0.231. The smallest absolute Gasteiger partial charge is 0.241 e. The number of amides is 1. The second kappa shape index (κ2) is 4.96. The van der Waals surface area contributed by atoms with Crippen molar-refractivity contribution in [1.29, 1.82) is 0 Å². The number of benzene rings is 1. The lowest BCUT2D eigenvalue weighted by atomic mass is 9.73. The van der Waals surface area contributed by atoms with E-state index in [0.29, 0.717) is 18.0 Å². The first-order valence-electron chi connectivity index (χ1n) is 8.13. The van der Waals surface area contributed by atoms with Gasteiger partial charge in [0.15, 0.2) is 0 Å². The largest absolute Gasteiger partial charge is 0.399 e. The van der Waals surface area contributed by atoms with Crippen LogP contribution in [0, 0.1) is 5.41 Å². The first-order valence-corrected chi connectivity index (χ1v) is 8.13. The van der Waals surface area contributed by atoms with Gasteiger partial charge in [-0.25, -0.2) is 0 Å². The van der Waals surface area contributed by atoms with Crippen LogP contribution in [0.25, 0.3) is 0 Å². The van der Waals surface area contributed by atoms with Crippen LogP contribution in [-0.2, 0) is 4.79 Å². The van der Waals surface area contributed by atoms with Crippen LogP contribution in [0.15, 0.2) is 24.3 Å². The van der Waals surface area contributed by atoms with E-state index in [-0.39, 0.29) is 5.91 Å². The molecule has 2 N–H and O–H groups in total. The first kappa shape index (κ1) is 14.0. The molecule has 0 atom stereocenters. The maximum atomic E-state index is 12.7. The summed E-state index contributed by atoms with van der Waals surface area (Å²) in [5.41, 5.74) is 7.97. The normalized spacial score (nSPS) is 23.9. The van der Waals surface area contributed by atoms with Crippen LogP contribution >= 0.6 is 0 Å². The van der Waals surface area contributed by atoms with E-state index in [2.05, 4.69) is 16.8 Å². The van der Waals surface area contributed by atoms with Gasteiger partial charge in [-0.15, -0.1) is 0 Å². The molecule has 1 aliphatic carbocycles. The lowest BCUT2D eigenvalue weighted by molar-refractivity contribution is -0.132. The van der Waals surface area contributed by atoms with Crippen molar-refractivity contribution < 1.29 is 4.79 Å². The summed E-state index contributed by atoms with van der Waals surface area (Å²) < 4.78 is 0. The molecule has 0 bridgehead atoms. The minimum Gasteiger partial charge on any atom is -0.399 e. The zero-order valence-corrected chi connectivity index (χ0v) is 13.2. The maximum absolute atomic E-state index is 12.7. The third-order valence-corrected chi connectivity index (χ3v) is 5.04. The van der Waals surface area contributed by atoms with E-state index >= 15 is 0 Å². The summed E-state index contributed by atoms with van der Waals surface area (Å²) in [5, 5.41) is 0. The molecule has 2 heterocycles. The summed E-state index contributed by atoms with van der Waals surface area (Å²) in [7, 11) is 2.16. The van der Waals surface area contributed by atoms with E-state index in [4.69, 9.17) is 5.73 Å². The second-order valence-corrected chi connectivity index (χ2v) is 7.40. The lowest BCUT2D eigenvalue weighted by Gasteiger charge is -2.59. The first-order chi connectivity index (χ1) is 10.5.